The minimum Gasteiger partial charge on any atom is -0.456 e. The van der Waals surface area contributed by atoms with E-state index in [1.165, 1.54) is 6.92 Å². The Labute approximate surface area is 169 Å². The van der Waals surface area contributed by atoms with Crippen LogP contribution in [0, 0.1) is 0 Å². The van der Waals surface area contributed by atoms with Crippen LogP contribution < -0.4 is 10.6 Å². The van der Waals surface area contributed by atoms with E-state index in [-0.39, 0.29) is 30.6 Å². The van der Waals surface area contributed by atoms with Crippen LogP contribution in [0.15, 0.2) is 54.6 Å². The fourth-order valence-electron chi connectivity index (χ4n) is 2.55. The molecule has 29 heavy (non-hydrogen) atoms. The lowest BCUT2D eigenvalue weighted by Crippen LogP contribution is -2.31. The molecule has 0 saturated heterocycles. The molecule has 0 aliphatic carbocycles. The van der Waals surface area contributed by atoms with Gasteiger partial charge in [-0.05, 0) is 43.7 Å². The molecule has 0 aromatic heterocycles. The van der Waals surface area contributed by atoms with E-state index in [1.807, 2.05) is 37.3 Å². The number of carbonyl (C=O) groups is 4. The zero-order chi connectivity index (χ0) is 21.2. The first kappa shape index (κ1) is 21.8. The highest BCUT2D eigenvalue weighted by atomic mass is 16.5. The normalized spacial score (nSPS) is 11.2. The molecule has 2 N–H and O–H groups in total. The van der Waals surface area contributed by atoms with Crippen molar-refractivity contribution in [3.63, 3.8) is 0 Å². The summed E-state index contributed by atoms with van der Waals surface area (Å²) in [4.78, 5) is 46.8. The molecule has 0 aliphatic heterocycles. The van der Waals surface area contributed by atoms with Crippen LogP contribution in [-0.4, -0.2) is 30.2 Å². The Morgan fingerprint density at radius 1 is 0.897 bits per heavy atom. The van der Waals surface area contributed by atoms with Crippen LogP contribution in [0.2, 0.25) is 0 Å². The van der Waals surface area contributed by atoms with Gasteiger partial charge in [0.1, 0.15) is 0 Å². The Morgan fingerprint density at radius 3 is 2.17 bits per heavy atom. The van der Waals surface area contributed by atoms with Gasteiger partial charge in [0.05, 0.1) is 12.5 Å². The smallest absolute Gasteiger partial charge is 0.306 e. The molecule has 0 unspecified atom stereocenters. The predicted octanol–water partition coefficient (Wildman–Crippen LogP) is 3.03. The van der Waals surface area contributed by atoms with Crippen molar-refractivity contribution < 1.29 is 23.9 Å². The molecule has 7 heteroatoms. The zero-order valence-corrected chi connectivity index (χ0v) is 16.4. The van der Waals surface area contributed by atoms with Gasteiger partial charge in [0.25, 0.3) is 5.91 Å². The quantitative estimate of drug-likeness (QED) is 0.501. The first-order valence-corrected chi connectivity index (χ1v) is 9.26. The van der Waals surface area contributed by atoms with Crippen LogP contribution in [0.25, 0.3) is 0 Å². The molecule has 0 fully saturated rings. The molecule has 0 spiro atoms. The number of nitrogens with one attached hydrogen (secondary N) is 2. The van der Waals surface area contributed by atoms with Crippen LogP contribution in [0.4, 0.5) is 5.69 Å². The molecule has 2 rings (SSSR count). The van der Waals surface area contributed by atoms with Gasteiger partial charge in [-0.1, -0.05) is 30.3 Å². The molecule has 0 saturated carbocycles. The largest absolute Gasteiger partial charge is 0.456 e. The summed E-state index contributed by atoms with van der Waals surface area (Å²) < 4.78 is 4.91. The highest BCUT2D eigenvalue weighted by Gasteiger charge is 2.13. The Morgan fingerprint density at radius 2 is 1.55 bits per heavy atom. The lowest BCUT2D eigenvalue weighted by atomic mass is 10.1. The number of Topliss-reactive ketones (excluding diaryl/α,β-unsaturated/α-hetero) is 1. The molecule has 2 aromatic carbocycles. The van der Waals surface area contributed by atoms with Crippen molar-refractivity contribution in [1.82, 2.24) is 5.32 Å². The van der Waals surface area contributed by atoms with Gasteiger partial charge in [0, 0.05) is 17.7 Å². The second-order valence-corrected chi connectivity index (χ2v) is 6.54. The number of ketones is 1. The van der Waals surface area contributed by atoms with Gasteiger partial charge in [-0.2, -0.15) is 0 Å². The van der Waals surface area contributed by atoms with Gasteiger partial charge >= 0.3 is 5.97 Å². The van der Waals surface area contributed by atoms with Gasteiger partial charge in [-0.15, -0.1) is 0 Å². The van der Waals surface area contributed by atoms with Crippen molar-refractivity contribution >= 4 is 29.3 Å². The van der Waals surface area contributed by atoms with Crippen molar-refractivity contribution in [2.24, 2.45) is 0 Å². The molecule has 1 atom stereocenters. The average Bonchev–Trinajstić information content (AvgIpc) is 2.71. The lowest BCUT2D eigenvalue weighted by Gasteiger charge is -2.14. The molecular weight excluding hydrogens is 372 g/mol. The van der Waals surface area contributed by atoms with E-state index in [0.29, 0.717) is 11.3 Å². The van der Waals surface area contributed by atoms with Crippen molar-refractivity contribution in [3.05, 3.63) is 65.7 Å². The molecular formula is C22H24N2O5. The summed E-state index contributed by atoms with van der Waals surface area (Å²) in [6, 6.07) is 15.7. The third-order valence-electron chi connectivity index (χ3n) is 4.17. The number of anilines is 1. The van der Waals surface area contributed by atoms with E-state index in [1.54, 1.807) is 24.3 Å². The van der Waals surface area contributed by atoms with E-state index in [2.05, 4.69) is 10.6 Å². The monoisotopic (exact) mass is 396 g/mol. The summed E-state index contributed by atoms with van der Waals surface area (Å²) >= 11 is 0. The van der Waals surface area contributed by atoms with Crippen LogP contribution in [0.5, 0.6) is 0 Å². The van der Waals surface area contributed by atoms with Crippen molar-refractivity contribution in [2.45, 2.75) is 32.7 Å². The molecule has 0 aliphatic rings. The van der Waals surface area contributed by atoms with Gasteiger partial charge in [-0.25, -0.2) is 0 Å². The van der Waals surface area contributed by atoms with Gasteiger partial charge in [-0.3, -0.25) is 19.2 Å². The van der Waals surface area contributed by atoms with Crippen LogP contribution in [0.3, 0.4) is 0 Å². The van der Waals surface area contributed by atoms with Crippen LogP contribution in [0.1, 0.15) is 48.7 Å². The average molecular weight is 396 g/mol. The van der Waals surface area contributed by atoms with E-state index in [0.717, 1.165) is 5.56 Å². The van der Waals surface area contributed by atoms with Crippen LogP contribution in [-0.2, 0) is 19.1 Å². The fourth-order valence-corrected chi connectivity index (χ4v) is 2.55. The van der Waals surface area contributed by atoms with Gasteiger partial charge in [0.2, 0.25) is 5.91 Å². The second kappa shape index (κ2) is 10.8. The maximum absolute atomic E-state index is 11.9. The standard InChI is InChI=1S/C22H24N2O5/c1-15(17-6-4-3-5-7-17)23-21(27)14-29-22(28)13-12-20(26)24-19-10-8-18(9-11-19)16(2)25/h3-11,15H,12-14H2,1-2H3,(H,23,27)(H,24,26)/t15-/m1/s1. The number of amides is 2. The zero-order valence-electron chi connectivity index (χ0n) is 16.4. The molecule has 0 radical (unpaired) electrons. The minimum atomic E-state index is -0.630. The number of benzene rings is 2. The Bertz CT molecular complexity index is 863. The SMILES string of the molecule is CC(=O)c1ccc(NC(=O)CCC(=O)OCC(=O)N[C@H](C)c2ccccc2)cc1. The summed E-state index contributed by atoms with van der Waals surface area (Å²) in [7, 11) is 0. The summed E-state index contributed by atoms with van der Waals surface area (Å²) in [6.07, 6.45) is -0.214. The predicted molar refractivity (Wildman–Crippen MR) is 108 cm³/mol. The highest BCUT2D eigenvalue weighted by molar-refractivity contribution is 5.96. The summed E-state index contributed by atoms with van der Waals surface area (Å²) in [5.74, 6) is -1.47. The topological polar surface area (TPSA) is 102 Å². The van der Waals surface area contributed by atoms with Gasteiger partial charge in [0.15, 0.2) is 12.4 Å². The molecule has 2 amide bonds. The maximum Gasteiger partial charge on any atom is 0.306 e. The van der Waals surface area contributed by atoms with Crippen LogP contribution >= 0.6 is 0 Å². The molecule has 0 heterocycles. The highest BCUT2D eigenvalue weighted by Crippen LogP contribution is 2.12. The third-order valence-corrected chi connectivity index (χ3v) is 4.17. The van der Waals surface area contributed by atoms with E-state index in [4.69, 9.17) is 4.74 Å². The van der Waals surface area contributed by atoms with E-state index in [9.17, 15) is 19.2 Å². The third kappa shape index (κ3) is 7.57. The first-order chi connectivity index (χ1) is 13.8. The van der Waals surface area contributed by atoms with E-state index < -0.39 is 18.5 Å². The van der Waals surface area contributed by atoms with Crippen molar-refractivity contribution in [3.8, 4) is 0 Å². The van der Waals surface area contributed by atoms with Crippen molar-refractivity contribution in [1.29, 1.82) is 0 Å². The molecule has 7 nitrogen and oxygen atoms in total. The number of carbonyl (C=O) groups excluding carboxylic acids is 4. The molecule has 2 aromatic rings. The maximum atomic E-state index is 11.9. The summed E-state index contributed by atoms with van der Waals surface area (Å²) in [6.45, 7) is 2.90. The Kier molecular flexibility index (Phi) is 8.09. The number of hydrogen-bond acceptors (Lipinski definition) is 5. The minimum absolute atomic E-state index is 0.0622. The Balaban J connectivity index is 1.67. The number of esters is 1. The summed E-state index contributed by atoms with van der Waals surface area (Å²) in [5, 5.41) is 5.38. The number of rotatable bonds is 9. The first-order valence-electron chi connectivity index (χ1n) is 9.26. The Hall–Kier alpha value is -3.48. The summed E-state index contributed by atoms with van der Waals surface area (Å²) in [5.41, 5.74) is 2.02. The van der Waals surface area contributed by atoms with Gasteiger partial charge < -0.3 is 15.4 Å². The van der Waals surface area contributed by atoms with E-state index >= 15 is 0 Å². The lowest BCUT2D eigenvalue weighted by molar-refractivity contribution is -0.149. The molecule has 152 valence electrons. The number of ether oxygens (including phenoxy) is 1. The molecule has 0 bridgehead atoms. The van der Waals surface area contributed by atoms with Crippen molar-refractivity contribution in [2.75, 3.05) is 11.9 Å². The fraction of sp³-hybridized carbons (Fsp3) is 0.273. The second-order valence-electron chi connectivity index (χ2n) is 6.54. The number of hydrogen-bond donors (Lipinski definition) is 2.